The van der Waals surface area contributed by atoms with E-state index in [4.69, 9.17) is 4.74 Å². The van der Waals surface area contributed by atoms with E-state index in [-0.39, 0.29) is 24.3 Å². The molecule has 1 spiro atoms. The molecule has 2 heterocycles. The normalized spacial score (nSPS) is 13.8. The zero-order valence-corrected chi connectivity index (χ0v) is 33.9. The summed E-state index contributed by atoms with van der Waals surface area (Å²) in [7, 11) is 0. The SMILES string of the molecule is C=C(C)C(=O)NCCCCC(NC(=O)C(=C)C)C(=O)NCCCN1C(=O)c2ccccc2C12c1ccc(N(CC)CC)cc1Oc1cc(N(CC)CC)ccc12. The second-order valence-corrected chi connectivity index (χ2v) is 14.5. The number of fused-ring (bicyclic) bond motifs is 6. The number of anilines is 2. The highest BCUT2D eigenvalue weighted by molar-refractivity contribution is 6.02. The average Bonchev–Trinajstić information content (AvgIpc) is 3.43. The van der Waals surface area contributed by atoms with Gasteiger partial charge in [-0.25, -0.2) is 0 Å². The maximum atomic E-state index is 14.6. The van der Waals surface area contributed by atoms with E-state index >= 15 is 0 Å². The van der Waals surface area contributed by atoms with Crippen LogP contribution in [0.2, 0.25) is 0 Å². The van der Waals surface area contributed by atoms with E-state index in [0.29, 0.717) is 67.0 Å². The van der Waals surface area contributed by atoms with Crippen molar-refractivity contribution < 1.29 is 23.9 Å². The summed E-state index contributed by atoms with van der Waals surface area (Å²) in [6, 6.07) is 19.7. The molecule has 0 aliphatic carbocycles. The van der Waals surface area contributed by atoms with Gasteiger partial charge in [0.2, 0.25) is 17.7 Å². The molecule has 56 heavy (non-hydrogen) atoms. The lowest BCUT2D eigenvalue weighted by atomic mass is 9.74. The molecule has 2 aliphatic heterocycles. The van der Waals surface area contributed by atoms with Crippen LogP contribution in [0.15, 0.2) is 85.0 Å². The first-order chi connectivity index (χ1) is 26.9. The molecule has 2 aliphatic rings. The van der Waals surface area contributed by atoms with Crippen LogP contribution in [0.5, 0.6) is 11.5 Å². The van der Waals surface area contributed by atoms with Crippen molar-refractivity contribution in [3.8, 4) is 11.5 Å². The molecule has 0 fully saturated rings. The van der Waals surface area contributed by atoms with Gasteiger partial charge in [0.1, 0.15) is 23.1 Å². The third kappa shape index (κ3) is 8.32. The third-order valence-corrected chi connectivity index (χ3v) is 10.8. The van der Waals surface area contributed by atoms with Crippen molar-refractivity contribution in [1.82, 2.24) is 20.9 Å². The lowest BCUT2D eigenvalue weighted by molar-refractivity contribution is -0.127. The van der Waals surface area contributed by atoms with Crippen molar-refractivity contribution in [2.75, 3.05) is 55.6 Å². The minimum Gasteiger partial charge on any atom is -0.456 e. The van der Waals surface area contributed by atoms with E-state index in [0.717, 1.165) is 54.2 Å². The standard InChI is InChI=1S/C45H58N6O5/c1-9-49(10-2)32-21-23-36-39(28-32)56-40-29-33(50(11-3)12-4)22-24-37(40)45(36)35-19-14-13-18-34(35)44(55)51(45)27-17-26-47-43(54)38(48-42(53)31(7)8)20-15-16-25-46-41(52)30(5)6/h13-14,18-19,21-24,28-29,38H,5,7,9-12,15-17,20,25-27H2,1-4,6,8H3,(H,46,52)(H,47,54)(H,48,53). The largest absolute Gasteiger partial charge is 0.456 e. The van der Waals surface area contributed by atoms with Gasteiger partial charge in [-0.15, -0.1) is 0 Å². The predicted molar refractivity (Wildman–Crippen MR) is 223 cm³/mol. The maximum Gasteiger partial charge on any atom is 0.255 e. The van der Waals surface area contributed by atoms with Crippen LogP contribution in [-0.4, -0.2) is 80.4 Å². The first-order valence-corrected chi connectivity index (χ1v) is 20.0. The summed E-state index contributed by atoms with van der Waals surface area (Å²) < 4.78 is 6.81. The van der Waals surface area contributed by atoms with Crippen molar-refractivity contribution in [1.29, 1.82) is 0 Å². The summed E-state index contributed by atoms with van der Waals surface area (Å²) in [6.07, 6.45) is 2.07. The number of nitrogens with one attached hydrogen (secondary N) is 3. The number of nitrogens with zero attached hydrogens (tertiary/aromatic N) is 3. The van der Waals surface area contributed by atoms with Gasteiger partial charge in [0.15, 0.2) is 0 Å². The van der Waals surface area contributed by atoms with Gasteiger partial charge in [-0.1, -0.05) is 43.5 Å². The Labute approximate surface area is 332 Å². The average molecular weight is 763 g/mol. The molecule has 11 heteroatoms. The lowest BCUT2D eigenvalue weighted by Gasteiger charge is -2.45. The van der Waals surface area contributed by atoms with E-state index in [2.05, 4.69) is 103 Å². The Balaban J connectivity index is 1.44. The molecular formula is C45H58N6O5. The number of benzene rings is 3. The van der Waals surface area contributed by atoms with Crippen LogP contribution in [0.4, 0.5) is 11.4 Å². The summed E-state index contributed by atoms with van der Waals surface area (Å²) in [6.45, 7) is 23.6. The monoisotopic (exact) mass is 762 g/mol. The maximum absolute atomic E-state index is 14.6. The van der Waals surface area contributed by atoms with Gasteiger partial charge in [0.25, 0.3) is 5.91 Å². The van der Waals surface area contributed by atoms with Crippen molar-refractivity contribution in [2.45, 2.75) is 78.8 Å². The van der Waals surface area contributed by atoms with Gasteiger partial charge in [0, 0.05) is 97.2 Å². The van der Waals surface area contributed by atoms with Gasteiger partial charge >= 0.3 is 0 Å². The first-order valence-electron chi connectivity index (χ1n) is 20.0. The van der Waals surface area contributed by atoms with Crippen LogP contribution in [-0.2, 0) is 19.9 Å². The van der Waals surface area contributed by atoms with Gasteiger partial charge in [-0.3, -0.25) is 19.2 Å². The lowest BCUT2D eigenvalue weighted by Crippen LogP contribution is -2.49. The number of amides is 4. The molecule has 298 valence electrons. The number of carbonyl (C=O) groups is 4. The molecule has 0 saturated carbocycles. The smallest absolute Gasteiger partial charge is 0.255 e. The highest BCUT2D eigenvalue weighted by atomic mass is 16.5. The molecule has 3 aromatic rings. The van der Waals surface area contributed by atoms with Crippen LogP contribution in [0.25, 0.3) is 0 Å². The highest BCUT2D eigenvalue weighted by Crippen LogP contribution is 2.58. The summed E-state index contributed by atoms with van der Waals surface area (Å²) in [4.78, 5) is 59.1. The highest BCUT2D eigenvalue weighted by Gasteiger charge is 2.56. The van der Waals surface area contributed by atoms with Crippen molar-refractivity contribution in [3.63, 3.8) is 0 Å². The zero-order chi connectivity index (χ0) is 40.6. The van der Waals surface area contributed by atoms with Gasteiger partial charge < -0.3 is 35.4 Å². The molecule has 1 unspecified atom stereocenters. The van der Waals surface area contributed by atoms with Crippen LogP contribution < -0.4 is 30.5 Å². The summed E-state index contributed by atoms with van der Waals surface area (Å²) in [5, 5.41) is 8.63. The first kappa shape index (κ1) is 41.6. The Kier molecular flexibility index (Phi) is 13.6. The minimum atomic E-state index is -0.971. The van der Waals surface area contributed by atoms with E-state index in [9.17, 15) is 19.2 Å². The van der Waals surface area contributed by atoms with Gasteiger partial charge in [-0.05, 0) is 91.0 Å². The second-order valence-electron chi connectivity index (χ2n) is 14.5. The number of unbranched alkanes of at least 4 members (excludes halogenated alkanes) is 1. The number of carbonyl (C=O) groups excluding carboxylic acids is 4. The molecule has 0 saturated heterocycles. The van der Waals surface area contributed by atoms with Crippen molar-refractivity contribution >= 4 is 35.0 Å². The fourth-order valence-electron chi connectivity index (χ4n) is 7.85. The van der Waals surface area contributed by atoms with E-state index in [1.165, 1.54) is 0 Å². The number of hydrogen-bond acceptors (Lipinski definition) is 7. The summed E-state index contributed by atoms with van der Waals surface area (Å²) >= 11 is 0. The minimum absolute atomic E-state index is 0.0864. The molecule has 0 aromatic heterocycles. The summed E-state index contributed by atoms with van der Waals surface area (Å²) in [5.41, 5.74) is 5.17. The Morgan fingerprint density at radius 2 is 1.29 bits per heavy atom. The van der Waals surface area contributed by atoms with Crippen LogP contribution in [0.3, 0.4) is 0 Å². The van der Waals surface area contributed by atoms with Crippen molar-refractivity contribution in [2.24, 2.45) is 0 Å². The fraction of sp³-hybridized carbons (Fsp3) is 0.422. The molecule has 5 rings (SSSR count). The Morgan fingerprint density at radius 3 is 1.84 bits per heavy atom. The number of ether oxygens (including phenoxy) is 1. The Morgan fingerprint density at radius 1 is 0.732 bits per heavy atom. The van der Waals surface area contributed by atoms with Gasteiger partial charge in [0.05, 0.1) is 0 Å². The molecule has 0 radical (unpaired) electrons. The Hall–Kier alpha value is -5.58. The van der Waals surface area contributed by atoms with E-state index in [1.54, 1.807) is 13.8 Å². The topological polar surface area (TPSA) is 123 Å². The molecule has 3 aromatic carbocycles. The second kappa shape index (κ2) is 18.4. The van der Waals surface area contributed by atoms with E-state index < -0.39 is 17.5 Å². The third-order valence-electron chi connectivity index (χ3n) is 10.8. The molecule has 11 nitrogen and oxygen atoms in total. The molecule has 0 bridgehead atoms. The van der Waals surface area contributed by atoms with Crippen LogP contribution >= 0.6 is 0 Å². The number of hydrogen-bond donors (Lipinski definition) is 3. The predicted octanol–water partition coefficient (Wildman–Crippen LogP) is 6.66. The van der Waals surface area contributed by atoms with Crippen LogP contribution in [0, 0.1) is 0 Å². The quantitative estimate of drug-likeness (QED) is 0.0923. The molecule has 4 amide bonds. The van der Waals surface area contributed by atoms with Crippen LogP contribution in [0.1, 0.15) is 94.3 Å². The number of rotatable bonds is 19. The Bertz CT molecular complexity index is 1900. The van der Waals surface area contributed by atoms with Gasteiger partial charge in [-0.2, -0.15) is 0 Å². The zero-order valence-electron chi connectivity index (χ0n) is 33.9. The molecule has 1 atom stereocenters. The van der Waals surface area contributed by atoms with E-state index in [1.807, 2.05) is 29.2 Å². The molecular weight excluding hydrogens is 705 g/mol. The van der Waals surface area contributed by atoms with Crippen molar-refractivity contribution in [3.05, 3.63) is 107 Å². The summed E-state index contributed by atoms with van der Waals surface area (Å²) in [5.74, 6) is 0.405. The molecule has 3 N–H and O–H groups in total. The fourth-order valence-corrected chi connectivity index (χ4v) is 7.85.